The van der Waals surface area contributed by atoms with Crippen molar-refractivity contribution in [3.8, 4) is 5.75 Å². The topological polar surface area (TPSA) is 25.0 Å². The Morgan fingerprint density at radius 1 is 1.11 bits per heavy atom. The van der Waals surface area contributed by atoms with Gasteiger partial charge in [-0.05, 0) is 42.0 Å². The Balaban J connectivity index is 1.75. The number of H-pyrrole nitrogens is 1. The van der Waals surface area contributed by atoms with Crippen molar-refractivity contribution in [1.29, 1.82) is 0 Å². The quantitative estimate of drug-likeness (QED) is 0.746. The van der Waals surface area contributed by atoms with Gasteiger partial charge in [0.25, 0.3) is 0 Å². The van der Waals surface area contributed by atoms with Crippen LogP contribution in [0.1, 0.15) is 5.56 Å². The predicted molar refractivity (Wildman–Crippen MR) is 74.0 cm³/mol. The number of rotatable bonds is 3. The summed E-state index contributed by atoms with van der Waals surface area (Å²) in [6.07, 6.45) is 1.88. The van der Waals surface area contributed by atoms with E-state index in [9.17, 15) is 4.39 Å². The third-order valence-corrected chi connectivity index (χ3v) is 3.22. The van der Waals surface area contributed by atoms with Crippen molar-refractivity contribution in [3.05, 3.63) is 65.1 Å². The average molecular weight is 276 g/mol. The first kappa shape index (κ1) is 12.1. The van der Waals surface area contributed by atoms with E-state index in [2.05, 4.69) is 4.98 Å². The lowest BCUT2D eigenvalue weighted by molar-refractivity contribution is 0.306. The Morgan fingerprint density at radius 3 is 2.84 bits per heavy atom. The number of hydrogen-bond donors (Lipinski definition) is 1. The zero-order valence-corrected chi connectivity index (χ0v) is 10.7. The maximum atomic E-state index is 13.3. The highest BCUT2D eigenvalue weighted by atomic mass is 35.5. The van der Waals surface area contributed by atoms with Gasteiger partial charge in [0.05, 0.1) is 5.02 Å². The highest BCUT2D eigenvalue weighted by Gasteiger charge is 2.03. The molecule has 1 aromatic heterocycles. The number of hydrogen-bond acceptors (Lipinski definition) is 1. The fraction of sp³-hybridized carbons (Fsp3) is 0.0667. The van der Waals surface area contributed by atoms with Gasteiger partial charge in [0.1, 0.15) is 18.2 Å². The Kier molecular flexibility index (Phi) is 3.13. The first-order valence-corrected chi connectivity index (χ1v) is 6.24. The Labute approximate surface area is 114 Å². The van der Waals surface area contributed by atoms with E-state index in [1.54, 1.807) is 6.07 Å². The minimum Gasteiger partial charge on any atom is -0.489 e. The van der Waals surface area contributed by atoms with Crippen molar-refractivity contribution in [1.82, 2.24) is 4.98 Å². The lowest BCUT2D eigenvalue weighted by atomic mass is 10.2. The summed E-state index contributed by atoms with van der Waals surface area (Å²) >= 11 is 5.63. The number of fused-ring (bicyclic) bond motifs is 1. The van der Waals surface area contributed by atoms with Crippen molar-refractivity contribution in [2.45, 2.75) is 6.61 Å². The number of nitrogens with one attached hydrogen (secondary N) is 1. The summed E-state index contributed by atoms with van der Waals surface area (Å²) in [5.41, 5.74) is 1.81. The average Bonchev–Trinajstić information content (AvgIpc) is 2.87. The van der Waals surface area contributed by atoms with Gasteiger partial charge in [-0.15, -0.1) is 0 Å². The van der Waals surface area contributed by atoms with E-state index >= 15 is 0 Å². The smallest absolute Gasteiger partial charge is 0.142 e. The summed E-state index contributed by atoms with van der Waals surface area (Å²) in [6, 6.07) is 12.4. The van der Waals surface area contributed by atoms with Gasteiger partial charge in [0.15, 0.2) is 0 Å². The maximum Gasteiger partial charge on any atom is 0.142 e. The van der Waals surface area contributed by atoms with Gasteiger partial charge >= 0.3 is 0 Å². The van der Waals surface area contributed by atoms with Crippen LogP contribution in [0.25, 0.3) is 10.9 Å². The summed E-state index contributed by atoms with van der Waals surface area (Å²) in [5.74, 6) is 0.325. The Morgan fingerprint density at radius 2 is 2.00 bits per heavy atom. The highest BCUT2D eigenvalue weighted by Crippen LogP contribution is 2.21. The molecule has 2 nitrogen and oxygen atoms in total. The first-order valence-electron chi connectivity index (χ1n) is 5.86. The lowest BCUT2D eigenvalue weighted by Gasteiger charge is -2.07. The van der Waals surface area contributed by atoms with Crippen LogP contribution in [0.4, 0.5) is 4.39 Å². The first-order chi connectivity index (χ1) is 9.22. The van der Waals surface area contributed by atoms with Crippen LogP contribution in [0.5, 0.6) is 5.75 Å². The summed E-state index contributed by atoms with van der Waals surface area (Å²) in [7, 11) is 0. The van der Waals surface area contributed by atoms with Crippen LogP contribution < -0.4 is 4.74 Å². The second-order valence-electron chi connectivity index (χ2n) is 4.26. The molecular weight excluding hydrogens is 265 g/mol. The van der Waals surface area contributed by atoms with E-state index in [-0.39, 0.29) is 5.02 Å². The normalized spacial score (nSPS) is 10.8. The monoisotopic (exact) mass is 275 g/mol. The molecule has 0 radical (unpaired) electrons. The van der Waals surface area contributed by atoms with Crippen molar-refractivity contribution in [2.24, 2.45) is 0 Å². The van der Waals surface area contributed by atoms with E-state index in [0.717, 1.165) is 22.2 Å². The van der Waals surface area contributed by atoms with Crippen molar-refractivity contribution < 1.29 is 9.13 Å². The van der Waals surface area contributed by atoms with E-state index in [4.69, 9.17) is 16.3 Å². The minimum atomic E-state index is -0.427. The van der Waals surface area contributed by atoms with Crippen molar-refractivity contribution in [2.75, 3.05) is 0 Å². The number of aromatic amines is 1. The van der Waals surface area contributed by atoms with Gasteiger partial charge in [-0.3, -0.25) is 0 Å². The molecule has 0 spiro atoms. The number of benzene rings is 2. The zero-order chi connectivity index (χ0) is 13.2. The van der Waals surface area contributed by atoms with Crippen LogP contribution in [0.3, 0.4) is 0 Å². The molecule has 0 aliphatic heterocycles. The van der Waals surface area contributed by atoms with Gasteiger partial charge in [0, 0.05) is 17.1 Å². The lowest BCUT2D eigenvalue weighted by Crippen LogP contribution is -1.96. The van der Waals surface area contributed by atoms with Gasteiger partial charge < -0.3 is 9.72 Å². The van der Waals surface area contributed by atoms with Crippen molar-refractivity contribution in [3.63, 3.8) is 0 Å². The molecule has 0 amide bonds. The van der Waals surface area contributed by atoms with Gasteiger partial charge in [-0.25, -0.2) is 4.39 Å². The zero-order valence-electron chi connectivity index (χ0n) is 9.99. The van der Waals surface area contributed by atoms with E-state index in [1.165, 1.54) is 12.1 Å². The molecule has 3 aromatic rings. The van der Waals surface area contributed by atoms with Crippen LogP contribution in [0, 0.1) is 5.82 Å². The summed E-state index contributed by atoms with van der Waals surface area (Å²) in [4.78, 5) is 3.11. The van der Waals surface area contributed by atoms with Crippen LogP contribution in [0.2, 0.25) is 5.02 Å². The molecule has 1 N–H and O–H groups in total. The van der Waals surface area contributed by atoms with Crippen LogP contribution in [0.15, 0.2) is 48.7 Å². The molecule has 2 aromatic carbocycles. The summed E-state index contributed by atoms with van der Waals surface area (Å²) in [6.45, 7) is 0.310. The fourth-order valence-corrected chi connectivity index (χ4v) is 2.03. The number of ether oxygens (including phenoxy) is 1. The molecule has 4 heteroatoms. The van der Waals surface area contributed by atoms with E-state index in [1.807, 2.05) is 30.5 Å². The third-order valence-electron chi connectivity index (χ3n) is 2.91. The van der Waals surface area contributed by atoms with Crippen molar-refractivity contribution >= 4 is 22.5 Å². The second-order valence-corrected chi connectivity index (χ2v) is 4.67. The molecule has 0 bridgehead atoms. The molecular formula is C15H11ClFNO. The van der Waals surface area contributed by atoms with Gasteiger partial charge in [0.2, 0.25) is 0 Å². The standard InChI is InChI=1S/C15H11ClFNO/c16-13-3-1-10(7-14(13)17)9-19-12-2-4-15-11(8-12)5-6-18-15/h1-8,18H,9H2. The molecule has 96 valence electrons. The minimum absolute atomic E-state index is 0.123. The van der Waals surface area contributed by atoms with Crippen LogP contribution in [-0.4, -0.2) is 4.98 Å². The second kappa shape index (κ2) is 4.94. The molecule has 1 heterocycles. The number of aromatic nitrogens is 1. The molecule has 0 saturated heterocycles. The molecule has 0 aliphatic rings. The molecule has 0 aliphatic carbocycles. The third kappa shape index (κ3) is 2.56. The Hall–Kier alpha value is -2.00. The largest absolute Gasteiger partial charge is 0.489 e. The molecule has 0 saturated carbocycles. The van der Waals surface area contributed by atoms with E-state index in [0.29, 0.717) is 6.61 Å². The maximum absolute atomic E-state index is 13.3. The summed E-state index contributed by atoms with van der Waals surface area (Å²) in [5, 5.41) is 1.21. The van der Waals surface area contributed by atoms with Crippen LogP contribution >= 0.6 is 11.6 Å². The summed E-state index contributed by atoms with van der Waals surface area (Å²) < 4.78 is 18.9. The molecule has 19 heavy (non-hydrogen) atoms. The fourth-order valence-electron chi connectivity index (χ4n) is 1.92. The van der Waals surface area contributed by atoms with E-state index < -0.39 is 5.82 Å². The SMILES string of the molecule is Fc1cc(COc2ccc3[nH]ccc3c2)ccc1Cl. The van der Waals surface area contributed by atoms with Gasteiger partial charge in [-0.1, -0.05) is 17.7 Å². The highest BCUT2D eigenvalue weighted by molar-refractivity contribution is 6.30. The Bertz CT molecular complexity index is 723. The number of halogens is 2. The van der Waals surface area contributed by atoms with Crippen LogP contribution in [-0.2, 0) is 6.61 Å². The predicted octanol–water partition coefficient (Wildman–Crippen LogP) is 4.54. The molecule has 0 atom stereocenters. The molecule has 0 fully saturated rings. The molecule has 3 rings (SSSR count). The molecule has 0 unspecified atom stereocenters. The van der Waals surface area contributed by atoms with Gasteiger partial charge in [-0.2, -0.15) is 0 Å².